The topological polar surface area (TPSA) is 23.8 Å². The Balaban J connectivity index is 2.72. The molecule has 2 heteroatoms. The molecule has 0 fully saturated rings. The van der Waals surface area contributed by atoms with E-state index < -0.39 is 0 Å². The summed E-state index contributed by atoms with van der Waals surface area (Å²) in [6, 6.07) is 14.2. The molecular formula is C13H10BrN. The van der Waals surface area contributed by atoms with Crippen molar-refractivity contribution < 1.29 is 0 Å². The van der Waals surface area contributed by atoms with Crippen LogP contribution >= 0.6 is 15.9 Å². The number of benzene rings is 2. The predicted molar refractivity (Wildman–Crippen MR) is 66.2 cm³/mol. The van der Waals surface area contributed by atoms with Crippen molar-refractivity contribution in [2.24, 2.45) is 0 Å². The molecule has 0 saturated heterocycles. The highest BCUT2D eigenvalue weighted by Crippen LogP contribution is 2.22. The summed E-state index contributed by atoms with van der Waals surface area (Å²) in [7, 11) is 0. The van der Waals surface area contributed by atoms with E-state index in [1.165, 1.54) is 10.9 Å². The van der Waals surface area contributed by atoms with Crippen LogP contribution in [0.4, 0.5) is 0 Å². The van der Waals surface area contributed by atoms with Crippen molar-refractivity contribution >= 4 is 26.7 Å². The third kappa shape index (κ3) is 1.88. The first-order chi connectivity index (χ1) is 7.36. The van der Waals surface area contributed by atoms with Crippen molar-refractivity contribution in [3.63, 3.8) is 0 Å². The van der Waals surface area contributed by atoms with E-state index in [9.17, 15) is 0 Å². The lowest BCUT2D eigenvalue weighted by Crippen LogP contribution is -1.89. The van der Waals surface area contributed by atoms with Crippen LogP contribution in [0.3, 0.4) is 0 Å². The van der Waals surface area contributed by atoms with Crippen LogP contribution in [0.1, 0.15) is 11.1 Å². The lowest BCUT2D eigenvalue weighted by Gasteiger charge is -2.05. The third-order valence-electron chi connectivity index (χ3n) is 2.50. The Morgan fingerprint density at radius 2 is 1.80 bits per heavy atom. The summed E-state index contributed by atoms with van der Waals surface area (Å²) in [5, 5.41) is 12.2. The second-order valence-corrected chi connectivity index (χ2v) is 4.16. The Morgan fingerprint density at radius 3 is 2.53 bits per heavy atom. The van der Waals surface area contributed by atoms with Gasteiger partial charge in [-0.05, 0) is 28.8 Å². The Labute approximate surface area is 97.5 Å². The summed E-state index contributed by atoms with van der Waals surface area (Å²) in [6.45, 7) is 0. The van der Waals surface area contributed by atoms with Crippen molar-refractivity contribution in [3.8, 4) is 6.07 Å². The highest BCUT2D eigenvalue weighted by molar-refractivity contribution is 9.09. The smallest absolute Gasteiger partial charge is 0.0998 e. The maximum Gasteiger partial charge on any atom is 0.0998 e. The molecule has 0 radical (unpaired) electrons. The molecule has 0 heterocycles. The number of rotatable bonds is 2. The molecule has 0 saturated carbocycles. The molecule has 2 aromatic rings. The summed E-state index contributed by atoms with van der Waals surface area (Å²) < 4.78 is 0. The van der Waals surface area contributed by atoms with Crippen LogP contribution in [0.2, 0.25) is 0 Å². The first-order valence-corrected chi connectivity index (χ1v) is 5.95. The summed E-state index contributed by atoms with van der Waals surface area (Å²) in [6.07, 6.45) is 0.992. The van der Waals surface area contributed by atoms with E-state index in [1.807, 2.05) is 24.3 Å². The summed E-state index contributed by atoms with van der Waals surface area (Å²) in [4.78, 5) is 0. The minimum atomic E-state index is 0.754. The number of nitrogens with zero attached hydrogens (tertiary/aromatic N) is 1. The number of aryl methyl sites for hydroxylation is 1. The monoisotopic (exact) mass is 259 g/mol. The fourth-order valence-electron chi connectivity index (χ4n) is 1.79. The molecule has 0 aliphatic heterocycles. The number of hydrogen-bond acceptors (Lipinski definition) is 1. The van der Waals surface area contributed by atoms with Crippen LogP contribution < -0.4 is 0 Å². The molecule has 0 aromatic heterocycles. The molecule has 0 atom stereocenters. The van der Waals surface area contributed by atoms with Crippen molar-refractivity contribution in [3.05, 3.63) is 47.5 Å². The van der Waals surface area contributed by atoms with Gasteiger partial charge in [0, 0.05) is 5.33 Å². The average Bonchev–Trinajstić information content (AvgIpc) is 2.29. The van der Waals surface area contributed by atoms with Gasteiger partial charge in [0.1, 0.15) is 0 Å². The first kappa shape index (κ1) is 10.2. The number of halogens is 1. The predicted octanol–water partition coefficient (Wildman–Crippen LogP) is 3.65. The van der Waals surface area contributed by atoms with Gasteiger partial charge in [0.05, 0.1) is 11.6 Å². The van der Waals surface area contributed by atoms with Crippen LogP contribution in [0.15, 0.2) is 36.4 Å². The summed E-state index contributed by atoms with van der Waals surface area (Å²) in [5.74, 6) is 0. The molecule has 0 aliphatic carbocycles. The normalized spacial score (nSPS) is 10.1. The molecular weight excluding hydrogens is 250 g/mol. The summed E-state index contributed by atoms with van der Waals surface area (Å²) >= 11 is 3.44. The molecule has 2 rings (SSSR count). The minimum absolute atomic E-state index is 0.754. The molecule has 1 nitrogen and oxygen atoms in total. The number of alkyl halides is 1. The van der Waals surface area contributed by atoms with E-state index in [0.717, 1.165) is 22.7 Å². The lowest BCUT2D eigenvalue weighted by atomic mass is 9.99. The maximum atomic E-state index is 9.00. The maximum absolute atomic E-state index is 9.00. The van der Waals surface area contributed by atoms with E-state index in [-0.39, 0.29) is 0 Å². The Kier molecular flexibility index (Phi) is 3.03. The van der Waals surface area contributed by atoms with Gasteiger partial charge < -0.3 is 0 Å². The fourth-order valence-corrected chi connectivity index (χ4v) is 2.22. The average molecular weight is 260 g/mol. The van der Waals surface area contributed by atoms with E-state index >= 15 is 0 Å². The molecule has 15 heavy (non-hydrogen) atoms. The zero-order chi connectivity index (χ0) is 10.7. The van der Waals surface area contributed by atoms with E-state index in [1.54, 1.807) is 0 Å². The standard InChI is InChI=1S/C13H10BrN/c14-8-7-10-3-1-6-13-11(9-15)4-2-5-12(10)13/h1-6H,7-8H2. The highest BCUT2D eigenvalue weighted by Gasteiger charge is 2.03. The Morgan fingerprint density at radius 1 is 1.07 bits per heavy atom. The zero-order valence-corrected chi connectivity index (χ0v) is 9.79. The minimum Gasteiger partial charge on any atom is -0.192 e. The van der Waals surface area contributed by atoms with Gasteiger partial charge in [0.2, 0.25) is 0 Å². The molecule has 2 aromatic carbocycles. The molecule has 0 N–H and O–H groups in total. The number of nitriles is 1. The van der Waals surface area contributed by atoms with Gasteiger partial charge in [-0.15, -0.1) is 0 Å². The molecule has 0 aliphatic rings. The fraction of sp³-hybridized carbons (Fsp3) is 0.154. The van der Waals surface area contributed by atoms with E-state index in [0.29, 0.717) is 0 Å². The second kappa shape index (κ2) is 4.46. The van der Waals surface area contributed by atoms with Crippen LogP contribution in [-0.2, 0) is 6.42 Å². The molecule has 74 valence electrons. The van der Waals surface area contributed by atoms with Gasteiger partial charge in [-0.3, -0.25) is 0 Å². The molecule has 0 bridgehead atoms. The van der Waals surface area contributed by atoms with Gasteiger partial charge >= 0.3 is 0 Å². The Hall–Kier alpha value is -1.33. The van der Waals surface area contributed by atoms with Crippen LogP contribution in [0.25, 0.3) is 10.8 Å². The van der Waals surface area contributed by atoms with E-state index in [2.05, 4.69) is 34.1 Å². The highest BCUT2D eigenvalue weighted by atomic mass is 79.9. The lowest BCUT2D eigenvalue weighted by molar-refractivity contribution is 1.19. The van der Waals surface area contributed by atoms with Crippen LogP contribution in [0.5, 0.6) is 0 Å². The van der Waals surface area contributed by atoms with Crippen molar-refractivity contribution in [1.82, 2.24) is 0 Å². The van der Waals surface area contributed by atoms with Gasteiger partial charge in [-0.25, -0.2) is 0 Å². The van der Waals surface area contributed by atoms with Crippen molar-refractivity contribution in [2.75, 3.05) is 5.33 Å². The van der Waals surface area contributed by atoms with Gasteiger partial charge in [-0.1, -0.05) is 46.3 Å². The SMILES string of the molecule is N#Cc1cccc2c(CCBr)cccc12. The largest absolute Gasteiger partial charge is 0.192 e. The zero-order valence-electron chi connectivity index (χ0n) is 8.20. The van der Waals surface area contributed by atoms with Crippen LogP contribution in [-0.4, -0.2) is 5.33 Å². The summed E-state index contributed by atoms with van der Waals surface area (Å²) in [5.41, 5.74) is 2.05. The first-order valence-electron chi connectivity index (χ1n) is 4.83. The van der Waals surface area contributed by atoms with Gasteiger partial charge in [-0.2, -0.15) is 5.26 Å². The number of fused-ring (bicyclic) bond motifs is 1. The van der Waals surface area contributed by atoms with Gasteiger partial charge in [0.25, 0.3) is 0 Å². The third-order valence-corrected chi connectivity index (χ3v) is 2.89. The van der Waals surface area contributed by atoms with Crippen molar-refractivity contribution in [1.29, 1.82) is 5.26 Å². The Bertz CT molecular complexity index is 526. The molecule has 0 amide bonds. The second-order valence-electron chi connectivity index (χ2n) is 3.37. The number of hydrogen-bond donors (Lipinski definition) is 0. The van der Waals surface area contributed by atoms with Crippen molar-refractivity contribution in [2.45, 2.75) is 6.42 Å². The molecule has 0 spiro atoms. The van der Waals surface area contributed by atoms with E-state index in [4.69, 9.17) is 5.26 Å². The quantitative estimate of drug-likeness (QED) is 0.756. The van der Waals surface area contributed by atoms with Gasteiger partial charge in [0.15, 0.2) is 0 Å². The molecule has 0 unspecified atom stereocenters. The van der Waals surface area contributed by atoms with Crippen LogP contribution in [0, 0.1) is 11.3 Å².